The van der Waals surface area contributed by atoms with Crippen LogP contribution in [0.25, 0.3) is 22.2 Å². The number of hydrogen-bond donors (Lipinski definition) is 3. The second-order valence-corrected chi connectivity index (χ2v) is 10.9. The van der Waals surface area contributed by atoms with E-state index in [1.807, 2.05) is 13.8 Å². The minimum Gasteiger partial charge on any atom is -0.465 e. The van der Waals surface area contributed by atoms with Crippen LogP contribution < -0.4 is 5.32 Å². The summed E-state index contributed by atoms with van der Waals surface area (Å²) in [4.78, 5) is 30.6. The monoisotopic (exact) mass is 473 g/mol. The van der Waals surface area contributed by atoms with E-state index >= 15 is 0 Å². The first-order chi connectivity index (χ1) is 16.6. The number of nitrogens with zero attached hydrogens (tertiary/aromatic N) is 1. The lowest BCUT2D eigenvalue weighted by atomic mass is 9.82. The predicted octanol–water partition coefficient (Wildman–Crippen LogP) is 5.69. The van der Waals surface area contributed by atoms with Crippen molar-refractivity contribution >= 4 is 22.9 Å². The number of aryl methyl sites for hydroxylation is 2. The number of amides is 2. The SMILES string of the molecule is Cc1cc(C)cc(-c2[nH]c3ccc(C(C)(C)C(=O)N4C5CCC4CC5)cc3c2CCNC(=O)O)c1. The third-order valence-electron chi connectivity index (χ3n) is 8.01. The molecule has 2 amide bonds. The summed E-state index contributed by atoms with van der Waals surface area (Å²) in [5, 5.41) is 12.7. The number of hydrogen-bond acceptors (Lipinski definition) is 2. The minimum absolute atomic E-state index is 0.223. The molecule has 6 nitrogen and oxygen atoms in total. The van der Waals surface area contributed by atoms with Gasteiger partial charge in [-0.25, -0.2) is 4.79 Å². The minimum atomic E-state index is -1.02. The van der Waals surface area contributed by atoms with Crippen LogP contribution in [-0.4, -0.2) is 45.6 Å². The topological polar surface area (TPSA) is 85.4 Å². The molecular formula is C29H35N3O3. The Bertz CT molecular complexity index is 1270. The molecule has 2 aromatic carbocycles. The molecule has 6 heteroatoms. The maximum Gasteiger partial charge on any atom is 0.404 e. The second-order valence-electron chi connectivity index (χ2n) is 10.9. The van der Waals surface area contributed by atoms with E-state index in [9.17, 15) is 9.59 Å². The molecule has 2 aliphatic heterocycles. The largest absolute Gasteiger partial charge is 0.465 e. The first kappa shape index (κ1) is 23.5. The molecule has 0 aliphatic carbocycles. The van der Waals surface area contributed by atoms with E-state index in [0.717, 1.165) is 59.0 Å². The van der Waals surface area contributed by atoms with Gasteiger partial charge in [0.25, 0.3) is 0 Å². The molecular weight excluding hydrogens is 438 g/mol. The van der Waals surface area contributed by atoms with E-state index in [1.54, 1.807) is 0 Å². The summed E-state index contributed by atoms with van der Waals surface area (Å²) in [7, 11) is 0. The van der Waals surface area contributed by atoms with Crippen LogP contribution >= 0.6 is 0 Å². The molecule has 0 radical (unpaired) electrons. The van der Waals surface area contributed by atoms with E-state index in [2.05, 4.69) is 65.4 Å². The summed E-state index contributed by atoms with van der Waals surface area (Å²) < 4.78 is 0. The smallest absolute Gasteiger partial charge is 0.404 e. The van der Waals surface area contributed by atoms with E-state index in [0.29, 0.717) is 25.0 Å². The Morgan fingerprint density at radius 1 is 1.03 bits per heavy atom. The van der Waals surface area contributed by atoms with E-state index < -0.39 is 11.5 Å². The average Bonchev–Trinajstić information content (AvgIpc) is 3.50. The molecule has 2 aliphatic rings. The Kier molecular flexibility index (Phi) is 5.86. The number of H-pyrrole nitrogens is 1. The second kappa shape index (κ2) is 8.74. The van der Waals surface area contributed by atoms with Gasteiger partial charge >= 0.3 is 6.09 Å². The fraction of sp³-hybridized carbons (Fsp3) is 0.448. The normalized spacial score (nSPS) is 19.5. The zero-order valence-corrected chi connectivity index (χ0v) is 21.1. The summed E-state index contributed by atoms with van der Waals surface area (Å²) in [6.45, 7) is 8.57. The summed E-state index contributed by atoms with van der Waals surface area (Å²) in [5.41, 5.74) is 6.91. The number of benzene rings is 2. The molecule has 2 saturated heterocycles. The first-order valence-corrected chi connectivity index (χ1v) is 12.7. The molecule has 184 valence electrons. The molecule has 3 heterocycles. The van der Waals surface area contributed by atoms with Gasteiger partial charge < -0.3 is 20.3 Å². The van der Waals surface area contributed by atoms with Crippen LogP contribution in [-0.2, 0) is 16.6 Å². The molecule has 0 atom stereocenters. The lowest BCUT2D eigenvalue weighted by Gasteiger charge is -2.33. The highest BCUT2D eigenvalue weighted by Gasteiger charge is 2.46. The zero-order chi connectivity index (χ0) is 24.9. The summed E-state index contributed by atoms with van der Waals surface area (Å²) >= 11 is 0. The highest BCUT2D eigenvalue weighted by atomic mass is 16.4. The van der Waals surface area contributed by atoms with Crippen LogP contribution in [0.3, 0.4) is 0 Å². The van der Waals surface area contributed by atoms with Gasteiger partial charge in [-0.3, -0.25) is 4.79 Å². The van der Waals surface area contributed by atoms with Crippen LogP contribution in [0.5, 0.6) is 0 Å². The number of nitrogens with one attached hydrogen (secondary N) is 2. The third kappa shape index (κ3) is 4.19. The Labute approximate surface area is 206 Å². The van der Waals surface area contributed by atoms with Crippen molar-refractivity contribution in [1.29, 1.82) is 0 Å². The number of carbonyl (C=O) groups is 2. The van der Waals surface area contributed by atoms with Crippen molar-refractivity contribution in [3.63, 3.8) is 0 Å². The maximum absolute atomic E-state index is 13.7. The van der Waals surface area contributed by atoms with Crippen molar-refractivity contribution in [2.45, 2.75) is 77.3 Å². The van der Waals surface area contributed by atoms with E-state index in [-0.39, 0.29) is 5.91 Å². The molecule has 35 heavy (non-hydrogen) atoms. The molecule has 2 bridgehead atoms. The molecule has 0 spiro atoms. The van der Waals surface area contributed by atoms with Crippen LogP contribution in [0.2, 0.25) is 0 Å². The van der Waals surface area contributed by atoms with Gasteiger partial charge in [0.15, 0.2) is 0 Å². The molecule has 3 aromatic rings. The number of carboxylic acid groups (broad SMARTS) is 1. The van der Waals surface area contributed by atoms with Crippen molar-refractivity contribution in [3.8, 4) is 11.3 Å². The number of rotatable bonds is 6. The van der Waals surface area contributed by atoms with Gasteiger partial charge in [-0.15, -0.1) is 0 Å². The molecule has 0 saturated carbocycles. The van der Waals surface area contributed by atoms with Crippen LogP contribution in [0.1, 0.15) is 61.8 Å². The van der Waals surface area contributed by atoms with Gasteiger partial charge in [-0.05, 0) is 101 Å². The predicted molar refractivity (Wildman–Crippen MR) is 139 cm³/mol. The summed E-state index contributed by atoms with van der Waals surface area (Å²) in [5.74, 6) is 0.223. The summed E-state index contributed by atoms with van der Waals surface area (Å²) in [6, 6.07) is 13.5. The number of aromatic nitrogens is 1. The van der Waals surface area contributed by atoms with Gasteiger partial charge in [-0.2, -0.15) is 0 Å². The maximum atomic E-state index is 13.7. The number of aromatic amines is 1. The molecule has 2 fully saturated rings. The Morgan fingerprint density at radius 2 is 1.66 bits per heavy atom. The van der Waals surface area contributed by atoms with Gasteiger partial charge in [0.2, 0.25) is 5.91 Å². The van der Waals surface area contributed by atoms with Gasteiger partial charge in [-0.1, -0.05) is 23.3 Å². The lowest BCUT2D eigenvalue weighted by Crippen LogP contribution is -2.45. The first-order valence-electron chi connectivity index (χ1n) is 12.7. The zero-order valence-electron chi connectivity index (χ0n) is 21.1. The van der Waals surface area contributed by atoms with Gasteiger partial charge in [0.05, 0.1) is 5.41 Å². The molecule has 3 N–H and O–H groups in total. The lowest BCUT2D eigenvalue weighted by molar-refractivity contribution is -0.137. The Morgan fingerprint density at radius 3 is 2.26 bits per heavy atom. The van der Waals surface area contributed by atoms with Gasteiger partial charge in [0.1, 0.15) is 0 Å². The van der Waals surface area contributed by atoms with Crippen LogP contribution in [0.15, 0.2) is 36.4 Å². The number of fused-ring (bicyclic) bond motifs is 3. The Balaban J connectivity index is 1.57. The van der Waals surface area contributed by atoms with Crippen molar-refractivity contribution in [2.24, 2.45) is 0 Å². The van der Waals surface area contributed by atoms with Crippen molar-refractivity contribution in [2.75, 3.05) is 6.54 Å². The molecule has 5 rings (SSSR count). The Hall–Kier alpha value is -3.28. The molecule has 1 aromatic heterocycles. The van der Waals surface area contributed by atoms with Gasteiger partial charge in [0, 0.05) is 35.2 Å². The summed E-state index contributed by atoms with van der Waals surface area (Å²) in [6.07, 6.45) is 4.05. The highest BCUT2D eigenvalue weighted by Crippen LogP contribution is 2.42. The number of carbonyl (C=O) groups excluding carboxylic acids is 1. The van der Waals surface area contributed by atoms with Crippen LogP contribution in [0, 0.1) is 13.8 Å². The van der Waals surface area contributed by atoms with Crippen LogP contribution in [0.4, 0.5) is 4.79 Å². The quantitative estimate of drug-likeness (QED) is 0.430. The van der Waals surface area contributed by atoms with E-state index in [4.69, 9.17) is 5.11 Å². The fourth-order valence-corrected chi connectivity index (χ4v) is 6.25. The fourth-order valence-electron chi connectivity index (χ4n) is 6.25. The molecule has 0 unspecified atom stereocenters. The third-order valence-corrected chi connectivity index (χ3v) is 8.01. The van der Waals surface area contributed by atoms with Crippen molar-refractivity contribution < 1.29 is 14.7 Å². The van der Waals surface area contributed by atoms with Crippen molar-refractivity contribution in [1.82, 2.24) is 15.2 Å². The van der Waals surface area contributed by atoms with Crippen molar-refractivity contribution in [3.05, 3.63) is 58.7 Å². The average molecular weight is 474 g/mol. The highest BCUT2D eigenvalue weighted by molar-refractivity contribution is 5.94. The standard InChI is InChI=1S/C29H35N3O3/c1-17-13-18(2)15-19(14-17)26-23(11-12-30-28(34)35)24-16-20(5-10-25(24)31-26)29(3,4)27(33)32-21-6-7-22(32)9-8-21/h5,10,13-16,21-22,30-31H,6-9,11-12H2,1-4H3,(H,34,35). The van der Waals surface area contributed by atoms with E-state index in [1.165, 1.54) is 11.1 Å².